The predicted octanol–water partition coefficient (Wildman–Crippen LogP) is 4.28. The number of anilines is 3. The number of amides is 1. The SMILES string of the molecule is O=C1CCCc2cc(Nc3cc(-c4ccc(-n5ccnc5)cc4)[nH]n3)ccc2N1. The van der Waals surface area contributed by atoms with Gasteiger partial charge < -0.3 is 15.2 Å². The van der Waals surface area contributed by atoms with E-state index in [1.165, 1.54) is 0 Å². The molecule has 5 rings (SSSR count). The zero-order valence-corrected chi connectivity index (χ0v) is 15.7. The Hall–Kier alpha value is -3.87. The molecular formula is C22H20N6O. The van der Waals surface area contributed by atoms with Crippen LogP contribution in [0.2, 0.25) is 0 Å². The third kappa shape index (κ3) is 3.62. The molecule has 0 spiro atoms. The zero-order chi connectivity index (χ0) is 19.6. The molecule has 0 aliphatic carbocycles. The standard InChI is InChI=1S/C22H20N6O/c29-22-3-1-2-16-12-17(6-9-19(16)25-22)24-21-13-20(26-27-21)15-4-7-18(8-5-15)28-11-10-23-14-28/h4-14H,1-3H2,(H,25,29)(H2,24,26,27). The third-order valence-corrected chi connectivity index (χ3v) is 5.06. The fourth-order valence-corrected chi connectivity index (χ4v) is 3.56. The van der Waals surface area contributed by atoms with Gasteiger partial charge in [-0.25, -0.2) is 4.98 Å². The van der Waals surface area contributed by atoms with Gasteiger partial charge in [-0.1, -0.05) is 12.1 Å². The molecule has 1 aliphatic heterocycles. The first kappa shape index (κ1) is 17.2. The van der Waals surface area contributed by atoms with Crippen molar-refractivity contribution in [2.75, 3.05) is 10.6 Å². The molecule has 3 heterocycles. The Bertz CT molecular complexity index is 1140. The molecule has 2 aromatic heterocycles. The van der Waals surface area contributed by atoms with E-state index < -0.39 is 0 Å². The lowest BCUT2D eigenvalue weighted by atomic mass is 10.1. The van der Waals surface area contributed by atoms with Crippen LogP contribution >= 0.6 is 0 Å². The van der Waals surface area contributed by atoms with E-state index in [9.17, 15) is 4.79 Å². The number of carbonyl (C=O) groups excluding carboxylic acids is 1. The summed E-state index contributed by atoms with van der Waals surface area (Å²) in [5, 5.41) is 13.8. The Kier molecular flexibility index (Phi) is 4.32. The van der Waals surface area contributed by atoms with Gasteiger partial charge in [0.05, 0.1) is 12.0 Å². The molecule has 3 N–H and O–H groups in total. The monoisotopic (exact) mass is 384 g/mol. The van der Waals surface area contributed by atoms with Gasteiger partial charge in [-0.3, -0.25) is 9.89 Å². The second-order valence-electron chi connectivity index (χ2n) is 7.08. The number of rotatable bonds is 4. The molecular weight excluding hydrogens is 364 g/mol. The van der Waals surface area contributed by atoms with Gasteiger partial charge in [0, 0.05) is 41.9 Å². The molecule has 0 fully saturated rings. The van der Waals surface area contributed by atoms with Crippen molar-refractivity contribution >= 4 is 23.1 Å². The number of fused-ring (bicyclic) bond motifs is 1. The minimum absolute atomic E-state index is 0.0838. The topological polar surface area (TPSA) is 87.6 Å². The first-order valence-corrected chi connectivity index (χ1v) is 9.58. The lowest BCUT2D eigenvalue weighted by Crippen LogP contribution is -2.09. The van der Waals surface area contributed by atoms with Gasteiger partial charge in [0.15, 0.2) is 5.82 Å². The summed E-state index contributed by atoms with van der Waals surface area (Å²) in [6, 6.07) is 16.2. The van der Waals surface area contributed by atoms with Crippen LogP contribution in [0, 0.1) is 0 Å². The molecule has 4 aromatic rings. The van der Waals surface area contributed by atoms with E-state index in [4.69, 9.17) is 0 Å². The van der Waals surface area contributed by atoms with Gasteiger partial charge in [0.1, 0.15) is 0 Å². The average Bonchev–Trinajstić information content (AvgIpc) is 3.39. The Morgan fingerprint density at radius 2 is 1.93 bits per heavy atom. The van der Waals surface area contributed by atoms with Crippen LogP contribution in [-0.4, -0.2) is 25.7 Å². The summed E-state index contributed by atoms with van der Waals surface area (Å²) in [7, 11) is 0. The number of aromatic nitrogens is 4. The average molecular weight is 384 g/mol. The van der Waals surface area contributed by atoms with E-state index in [-0.39, 0.29) is 5.91 Å². The molecule has 7 nitrogen and oxygen atoms in total. The van der Waals surface area contributed by atoms with Gasteiger partial charge in [0.2, 0.25) is 5.91 Å². The number of aromatic amines is 1. The Balaban J connectivity index is 1.33. The lowest BCUT2D eigenvalue weighted by molar-refractivity contribution is -0.116. The van der Waals surface area contributed by atoms with Crippen molar-refractivity contribution in [3.8, 4) is 16.9 Å². The van der Waals surface area contributed by atoms with Crippen molar-refractivity contribution in [1.29, 1.82) is 0 Å². The lowest BCUT2D eigenvalue weighted by Gasteiger charge is -2.09. The van der Waals surface area contributed by atoms with Crippen molar-refractivity contribution in [3.05, 3.63) is 72.8 Å². The minimum atomic E-state index is 0.0838. The summed E-state index contributed by atoms with van der Waals surface area (Å²) in [5.74, 6) is 0.830. The fourth-order valence-electron chi connectivity index (χ4n) is 3.56. The molecule has 0 bridgehead atoms. The molecule has 0 saturated carbocycles. The van der Waals surface area contributed by atoms with Crippen LogP contribution in [0.25, 0.3) is 16.9 Å². The normalized spacial score (nSPS) is 13.4. The number of H-pyrrole nitrogens is 1. The third-order valence-electron chi connectivity index (χ3n) is 5.06. The molecule has 0 unspecified atom stereocenters. The van der Waals surface area contributed by atoms with Gasteiger partial charge in [-0.15, -0.1) is 0 Å². The molecule has 7 heteroatoms. The van der Waals surface area contributed by atoms with E-state index in [0.29, 0.717) is 6.42 Å². The summed E-state index contributed by atoms with van der Waals surface area (Å²) in [4.78, 5) is 15.8. The Labute approximate surface area is 167 Å². The second-order valence-corrected chi connectivity index (χ2v) is 7.08. The number of aryl methyl sites for hydroxylation is 1. The maximum absolute atomic E-state index is 11.7. The number of imidazole rings is 1. The minimum Gasteiger partial charge on any atom is -0.339 e. The van der Waals surface area contributed by atoms with Gasteiger partial charge in [0.25, 0.3) is 0 Å². The highest BCUT2D eigenvalue weighted by Crippen LogP contribution is 2.28. The van der Waals surface area contributed by atoms with E-state index in [2.05, 4.69) is 44.0 Å². The van der Waals surface area contributed by atoms with Crippen LogP contribution in [-0.2, 0) is 11.2 Å². The maximum atomic E-state index is 11.7. The number of nitrogens with zero attached hydrogens (tertiary/aromatic N) is 3. The van der Waals surface area contributed by atoms with Crippen molar-refractivity contribution in [3.63, 3.8) is 0 Å². The quantitative estimate of drug-likeness (QED) is 0.490. The van der Waals surface area contributed by atoms with Gasteiger partial charge in [-0.2, -0.15) is 5.10 Å². The highest BCUT2D eigenvalue weighted by Gasteiger charge is 2.13. The molecule has 1 aliphatic rings. The number of carbonyl (C=O) groups is 1. The van der Waals surface area contributed by atoms with Crippen LogP contribution < -0.4 is 10.6 Å². The van der Waals surface area contributed by atoms with Gasteiger partial charge in [-0.05, 0) is 54.3 Å². The molecule has 1 amide bonds. The highest BCUT2D eigenvalue weighted by atomic mass is 16.1. The number of hydrogen-bond donors (Lipinski definition) is 3. The van der Waals surface area contributed by atoms with E-state index in [1.54, 1.807) is 12.5 Å². The summed E-state index contributed by atoms with van der Waals surface area (Å²) in [6.07, 6.45) is 7.78. The molecule has 29 heavy (non-hydrogen) atoms. The van der Waals surface area contributed by atoms with Crippen molar-refractivity contribution in [1.82, 2.24) is 19.7 Å². The predicted molar refractivity (Wildman–Crippen MR) is 112 cm³/mol. The van der Waals surface area contributed by atoms with Crippen LogP contribution in [0.1, 0.15) is 18.4 Å². The highest BCUT2D eigenvalue weighted by molar-refractivity contribution is 5.92. The fraction of sp³-hybridized carbons (Fsp3) is 0.136. The summed E-state index contributed by atoms with van der Waals surface area (Å²) < 4.78 is 1.96. The summed E-state index contributed by atoms with van der Waals surface area (Å²) >= 11 is 0. The van der Waals surface area contributed by atoms with Crippen LogP contribution in [0.15, 0.2) is 67.3 Å². The van der Waals surface area contributed by atoms with Crippen molar-refractivity contribution in [2.45, 2.75) is 19.3 Å². The van der Waals surface area contributed by atoms with Crippen LogP contribution in [0.5, 0.6) is 0 Å². The first-order chi connectivity index (χ1) is 14.2. The van der Waals surface area contributed by atoms with Crippen LogP contribution in [0.3, 0.4) is 0 Å². The van der Waals surface area contributed by atoms with Crippen molar-refractivity contribution < 1.29 is 4.79 Å². The van der Waals surface area contributed by atoms with E-state index in [1.807, 2.05) is 41.1 Å². The van der Waals surface area contributed by atoms with E-state index >= 15 is 0 Å². The Morgan fingerprint density at radius 1 is 1.03 bits per heavy atom. The molecule has 0 saturated heterocycles. The Morgan fingerprint density at radius 3 is 2.76 bits per heavy atom. The molecule has 0 atom stereocenters. The largest absolute Gasteiger partial charge is 0.339 e. The molecule has 0 radical (unpaired) electrons. The molecule has 144 valence electrons. The van der Waals surface area contributed by atoms with Crippen molar-refractivity contribution in [2.24, 2.45) is 0 Å². The maximum Gasteiger partial charge on any atom is 0.224 e. The first-order valence-electron chi connectivity index (χ1n) is 9.58. The second kappa shape index (κ2) is 7.27. The number of benzene rings is 2. The van der Waals surface area contributed by atoms with E-state index in [0.717, 1.165) is 52.5 Å². The summed E-state index contributed by atoms with van der Waals surface area (Å²) in [5.41, 5.74) is 6.05. The molecule has 2 aromatic carbocycles. The smallest absolute Gasteiger partial charge is 0.224 e. The zero-order valence-electron chi connectivity index (χ0n) is 15.7. The van der Waals surface area contributed by atoms with Gasteiger partial charge >= 0.3 is 0 Å². The summed E-state index contributed by atoms with van der Waals surface area (Å²) in [6.45, 7) is 0. The van der Waals surface area contributed by atoms with Crippen LogP contribution in [0.4, 0.5) is 17.2 Å². The number of nitrogens with one attached hydrogen (secondary N) is 3. The number of hydrogen-bond acceptors (Lipinski definition) is 4.